The lowest BCUT2D eigenvalue weighted by molar-refractivity contribution is -0.132. The van der Waals surface area contributed by atoms with E-state index in [1.807, 2.05) is 18.2 Å². The molecule has 0 aliphatic carbocycles. The van der Waals surface area contributed by atoms with Crippen LogP contribution < -0.4 is 0 Å². The van der Waals surface area contributed by atoms with Crippen LogP contribution in [0.2, 0.25) is 5.02 Å². The monoisotopic (exact) mass is 477 g/mol. The smallest absolute Gasteiger partial charge is 0.254 e. The lowest BCUT2D eigenvalue weighted by Gasteiger charge is -2.35. The summed E-state index contributed by atoms with van der Waals surface area (Å²) in [6.07, 6.45) is 2.13. The first kappa shape index (κ1) is 24.2. The molecule has 0 N–H and O–H groups in total. The molecule has 1 aliphatic rings. The summed E-state index contributed by atoms with van der Waals surface area (Å²) in [6.45, 7) is 1.74. The van der Waals surface area contributed by atoms with Gasteiger partial charge >= 0.3 is 0 Å². The van der Waals surface area contributed by atoms with E-state index in [1.54, 1.807) is 9.80 Å². The summed E-state index contributed by atoms with van der Waals surface area (Å²) in [5.74, 6) is -0.174. The van der Waals surface area contributed by atoms with Crippen molar-refractivity contribution in [3.8, 4) is 0 Å². The SMILES string of the molecule is CN(C)S(=O)(=O)c1cc(C(=O)N2CCN(C(=O)CCCc3ccccc3)CC2)ccc1Cl. The van der Waals surface area contributed by atoms with Crippen molar-refractivity contribution in [1.82, 2.24) is 14.1 Å². The minimum absolute atomic E-state index is 0.0705. The molecule has 2 aromatic carbocycles. The second kappa shape index (κ2) is 10.5. The highest BCUT2D eigenvalue weighted by molar-refractivity contribution is 7.89. The minimum Gasteiger partial charge on any atom is -0.339 e. The maximum atomic E-state index is 12.9. The van der Waals surface area contributed by atoms with Crippen molar-refractivity contribution in [2.45, 2.75) is 24.2 Å². The Morgan fingerprint density at radius 2 is 1.59 bits per heavy atom. The summed E-state index contributed by atoms with van der Waals surface area (Å²) in [7, 11) is -0.940. The summed E-state index contributed by atoms with van der Waals surface area (Å²) in [5, 5.41) is 0.0705. The molecule has 7 nitrogen and oxygen atoms in total. The van der Waals surface area contributed by atoms with Gasteiger partial charge in [0.15, 0.2) is 0 Å². The van der Waals surface area contributed by atoms with Gasteiger partial charge in [-0.2, -0.15) is 0 Å². The predicted molar refractivity (Wildman–Crippen MR) is 124 cm³/mol. The summed E-state index contributed by atoms with van der Waals surface area (Å²) in [4.78, 5) is 28.8. The van der Waals surface area contributed by atoms with Crippen LogP contribution in [-0.2, 0) is 21.2 Å². The summed E-state index contributed by atoms with van der Waals surface area (Å²) < 4.78 is 26.0. The minimum atomic E-state index is -3.77. The van der Waals surface area contributed by atoms with Crippen LogP contribution in [0.5, 0.6) is 0 Å². The van der Waals surface area contributed by atoms with Crippen molar-refractivity contribution in [3.05, 3.63) is 64.7 Å². The maximum Gasteiger partial charge on any atom is 0.254 e. The predicted octanol–water partition coefficient (Wildman–Crippen LogP) is 2.90. The Hall–Kier alpha value is -2.42. The third-order valence-electron chi connectivity index (χ3n) is 5.56. The molecule has 1 fully saturated rings. The van der Waals surface area contributed by atoms with E-state index in [4.69, 9.17) is 11.6 Å². The Morgan fingerprint density at radius 1 is 0.969 bits per heavy atom. The number of rotatable bonds is 7. The highest BCUT2D eigenvalue weighted by Crippen LogP contribution is 2.25. The molecule has 1 heterocycles. The van der Waals surface area contributed by atoms with Gasteiger partial charge in [-0.05, 0) is 36.6 Å². The third-order valence-corrected chi connectivity index (χ3v) is 7.85. The van der Waals surface area contributed by atoms with Crippen LogP contribution in [0.4, 0.5) is 0 Å². The molecule has 1 aliphatic heterocycles. The van der Waals surface area contributed by atoms with Gasteiger partial charge in [-0.15, -0.1) is 0 Å². The number of carbonyl (C=O) groups excluding carboxylic acids is 2. The van der Waals surface area contributed by atoms with Crippen molar-refractivity contribution >= 4 is 33.4 Å². The number of halogens is 1. The number of piperazine rings is 1. The van der Waals surface area contributed by atoms with Crippen LogP contribution >= 0.6 is 11.6 Å². The van der Waals surface area contributed by atoms with Crippen molar-refractivity contribution in [1.29, 1.82) is 0 Å². The molecule has 0 spiro atoms. The van der Waals surface area contributed by atoms with E-state index in [0.717, 1.165) is 17.1 Å². The van der Waals surface area contributed by atoms with E-state index in [0.29, 0.717) is 32.6 Å². The maximum absolute atomic E-state index is 12.9. The zero-order valence-corrected chi connectivity index (χ0v) is 19.9. The summed E-state index contributed by atoms with van der Waals surface area (Å²) in [6, 6.07) is 14.3. The second-order valence-corrected chi connectivity index (χ2v) is 10.5. The highest BCUT2D eigenvalue weighted by Gasteiger charge is 2.27. The third kappa shape index (κ3) is 5.68. The molecule has 0 aromatic heterocycles. The van der Waals surface area contributed by atoms with Crippen LogP contribution in [0.3, 0.4) is 0 Å². The molecule has 0 radical (unpaired) electrons. The molecular formula is C23H28ClN3O4S. The van der Waals surface area contributed by atoms with E-state index in [2.05, 4.69) is 12.1 Å². The number of carbonyl (C=O) groups is 2. The Balaban J connectivity index is 1.56. The van der Waals surface area contributed by atoms with E-state index in [1.165, 1.54) is 37.9 Å². The number of hydrogen-bond donors (Lipinski definition) is 0. The average Bonchev–Trinajstić information content (AvgIpc) is 2.79. The normalized spacial score (nSPS) is 14.6. The average molecular weight is 478 g/mol. The van der Waals surface area contributed by atoms with E-state index in [-0.39, 0.29) is 27.3 Å². The topological polar surface area (TPSA) is 78.0 Å². The largest absolute Gasteiger partial charge is 0.339 e. The fraction of sp³-hybridized carbons (Fsp3) is 0.391. The molecule has 9 heteroatoms. The molecule has 3 rings (SSSR count). The Labute approximate surface area is 194 Å². The first-order valence-electron chi connectivity index (χ1n) is 10.5. The highest BCUT2D eigenvalue weighted by atomic mass is 35.5. The Kier molecular flexibility index (Phi) is 7.92. The van der Waals surface area contributed by atoms with Crippen LogP contribution in [-0.4, -0.2) is 74.6 Å². The second-order valence-electron chi connectivity index (χ2n) is 7.94. The Morgan fingerprint density at radius 3 is 2.22 bits per heavy atom. The molecule has 1 saturated heterocycles. The quantitative estimate of drug-likeness (QED) is 0.614. The fourth-order valence-electron chi connectivity index (χ4n) is 3.62. The van der Waals surface area contributed by atoms with Crippen molar-refractivity contribution in [2.75, 3.05) is 40.3 Å². The van der Waals surface area contributed by atoms with Gasteiger partial charge in [-0.25, -0.2) is 12.7 Å². The van der Waals surface area contributed by atoms with Crippen molar-refractivity contribution in [2.24, 2.45) is 0 Å². The van der Waals surface area contributed by atoms with Crippen molar-refractivity contribution in [3.63, 3.8) is 0 Å². The van der Waals surface area contributed by atoms with Crippen LogP contribution in [0.1, 0.15) is 28.8 Å². The van der Waals surface area contributed by atoms with Gasteiger partial charge in [0.1, 0.15) is 4.90 Å². The molecule has 0 bridgehead atoms. The molecule has 2 aromatic rings. The molecule has 172 valence electrons. The lowest BCUT2D eigenvalue weighted by Crippen LogP contribution is -2.50. The van der Waals surface area contributed by atoms with Gasteiger partial charge in [0.25, 0.3) is 5.91 Å². The number of nitrogens with zero attached hydrogens (tertiary/aromatic N) is 3. The molecule has 0 atom stereocenters. The molecule has 2 amide bonds. The number of sulfonamides is 1. The van der Waals surface area contributed by atoms with E-state index >= 15 is 0 Å². The van der Waals surface area contributed by atoms with Gasteiger partial charge in [-0.3, -0.25) is 9.59 Å². The lowest BCUT2D eigenvalue weighted by atomic mass is 10.1. The van der Waals surface area contributed by atoms with Crippen molar-refractivity contribution < 1.29 is 18.0 Å². The summed E-state index contributed by atoms with van der Waals surface area (Å²) >= 11 is 6.08. The van der Waals surface area contributed by atoms with E-state index < -0.39 is 10.0 Å². The van der Waals surface area contributed by atoms with Gasteiger partial charge in [-0.1, -0.05) is 41.9 Å². The summed E-state index contributed by atoms with van der Waals surface area (Å²) in [5.41, 5.74) is 1.48. The zero-order chi connectivity index (χ0) is 23.3. The first-order valence-corrected chi connectivity index (χ1v) is 12.3. The van der Waals surface area contributed by atoms with E-state index in [9.17, 15) is 18.0 Å². The molecule has 0 unspecified atom stereocenters. The number of hydrogen-bond acceptors (Lipinski definition) is 4. The van der Waals surface area contributed by atoms with Gasteiger partial charge in [0.2, 0.25) is 15.9 Å². The van der Waals surface area contributed by atoms with Gasteiger partial charge < -0.3 is 9.80 Å². The zero-order valence-electron chi connectivity index (χ0n) is 18.3. The van der Waals surface area contributed by atoms with Gasteiger partial charge in [0, 0.05) is 52.3 Å². The Bertz CT molecular complexity index is 1070. The standard InChI is InChI=1S/C23H28ClN3O4S/c1-25(2)32(30,31)21-17-19(11-12-20(21)24)23(29)27-15-13-26(14-16-27)22(28)10-6-9-18-7-4-3-5-8-18/h3-5,7-8,11-12,17H,6,9-10,13-16H2,1-2H3. The fourth-order valence-corrected chi connectivity index (χ4v) is 5.01. The first-order chi connectivity index (χ1) is 15.2. The van der Waals surface area contributed by atoms with Gasteiger partial charge in [0.05, 0.1) is 5.02 Å². The van der Waals surface area contributed by atoms with Crippen LogP contribution in [0.25, 0.3) is 0 Å². The molecule has 32 heavy (non-hydrogen) atoms. The number of amides is 2. The van der Waals surface area contributed by atoms with Crippen LogP contribution in [0.15, 0.2) is 53.4 Å². The molecular weight excluding hydrogens is 450 g/mol. The number of benzene rings is 2. The number of aryl methyl sites for hydroxylation is 1. The van der Waals surface area contributed by atoms with Crippen LogP contribution in [0, 0.1) is 0 Å². The molecule has 0 saturated carbocycles.